The van der Waals surface area contributed by atoms with E-state index in [1.165, 1.54) is 5.56 Å². The number of hydrogen-bond donors (Lipinski definition) is 2. The third kappa shape index (κ3) is 4.21. The molecule has 0 aliphatic heterocycles. The predicted octanol–water partition coefficient (Wildman–Crippen LogP) is 2.98. The molecule has 0 aliphatic carbocycles. The van der Waals surface area contributed by atoms with Gasteiger partial charge in [0.15, 0.2) is 0 Å². The first-order valence-electron chi connectivity index (χ1n) is 6.86. The van der Waals surface area contributed by atoms with Gasteiger partial charge in [0.2, 0.25) is 5.91 Å². The molecular formula is C17H20N2O. The second-order valence-corrected chi connectivity index (χ2v) is 4.72. The molecule has 0 fully saturated rings. The molecule has 0 aliphatic rings. The van der Waals surface area contributed by atoms with E-state index in [4.69, 9.17) is 0 Å². The lowest BCUT2D eigenvalue weighted by Gasteiger charge is -2.10. The largest absolute Gasteiger partial charge is 0.326 e. The molecule has 2 aromatic rings. The van der Waals surface area contributed by atoms with Crippen LogP contribution in [0.2, 0.25) is 0 Å². The zero-order valence-electron chi connectivity index (χ0n) is 11.7. The molecule has 3 heteroatoms. The van der Waals surface area contributed by atoms with E-state index in [2.05, 4.69) is 10.6 Å². The molecule has 0 saturated carbocycles. The van der Waals surface area contributed by atoms with Gasteiger partial charge in [0.1, 0.15) is 0 Å². The molecule has 2 N–H and O–H groups in total. The van der Waals surface area contributed by atoms with E-state index in [0.29, 0.717) is 6.42 Å². The number of hydrogen-bond acceptors (Lipinski definition) is 2. The third-order valence-corrected chi connectivity index (χ3v) is 3.14. The van der Waals surface area contributed by atoms with Gasteiger partial charge >= 0.3 is 0 Å². The van der Waals surface area contributed by atoms with Gasteiger partial charge in [-0.2, -0.15) is 0 Å². The van der Waals surface area contributed by atoms with Crippen molar-refractivity contribution in [2.75, 3.05) is 12.4 Å². The van der Waals surface area contributed by atoms with Gasteiger partial charge in [-0.3, -0.25) is 4.79 Å². The average Bonchev–Trinajstić information content (AvgIpc) is 2.49. The number of rotatable bonds is 6. The molecular weight excluding hydrogens is 248 g/mol. The van der Waals surface area contributed by atoms with Crippen LogP contribution in [0.4, 0.5) is 5.69 Å². The summed E-state index contributed by atoms with van der Waals surface area (Å²) < 4.78 is 0. The van der Waals surface area contributed by atoms with Crippen LogP contribution in [-0.2, 0) is 17.8 Å². The summed E-state index contributed by atoms with van der Waals surface area (Å²) in [6.45, 7) is 0.745. The highest BCUT2D eigenvalue weighted by atomic mass is 16.1. The smallest absolute Gasteiger partial charge is 0.224 e. The number of aryl methyl sites for hydroxylation is 1. The minimum atomic E-state index is 0.0532. The second-order valence-electron chi connectivity index (χ2n) is 4.72. The zero-order valence-corrected chi connectivity index (χ0v) is 11.7. The van der Waals surface area contributed by atoms with Gasteiger partial charge in [-0.1, -0.05) is 48.5 Å². The standard InChI is InChI=1S/C17H20N2O/c1-18-13-15-9-5-6-10-16(15)19-17(20)12-11-14-7-3-2-4-8-14/h2-10,18H,11-13H2,1H3,(H,19,20). The maximum atomic E-state index is 12.0. The fraction of sp³-hybridized carbons (Fsp3) is 0.235. The third-order valence-electron chi connectivity index (χ3n) is 3.14. The summed E-state index contributed by atoms with van der Waals surface area (Å²) in [7, 11) is 1.90. The van der Waals surface area contributed by atoms with E-state index >= 15 is 0 Å². The van der Waals surface area contributed by atoms with Crippen molar-refractivity contribution in [1.82, 2.24) is 5.32 Å². The van der Waals surface area contributed by atoms with Crippen LogP contribution < -0.4 is 10.6 Å². The first-order chi connectivity index (χ1) is 9.79. The summed E-state index contributed by atoms with van der Waals surface area (Å²) in [6.07, 6.45) is 1.26. The molecule has 20 heavy (non-hydrogen) atoms. The molecule has 0 spiro atoms. The number of anilines is 1. The van der Waals surface area contributed by atoms with Crippen molar-refractivity contribution >= 4 is 11.6 Å². The van der Waals surface area contributed by atoms with Crippen molar-refractivity contribution in [2.24, 2.45) is 0 Å². The van der Waals surface area contributed by atoms with Crippen molar-refractivity contribution in [3.8, 4) is 0 Å². The molecule has 104 valence electrons. The van der Waals surface area contributed by atoms with Crippen LogP contribution in [0.1, 0.15) is 17.5 Å². The predicted molar refractivity (Wildman–Crippen MR) is 82.6 cm³/mol. The summed E-state index contributed by atoms with van der Waals surface area (Å²) in [5.74, 6) is 0.0532. The maximum absolute atomic E-state index is 12.0. The number of nitrogens with one attached hydrogen (secondary N) is 2. The van der Waals surface area contributed by atoms with Crippen molar-refractivity contribution in [2.45, 2.75) is 19.4 Å². The van der Waals surface area contributed by atoms with Crippen LogP contribution >= 0.6 is 0 Å². The minimum Gasteiger partial charge on any atom is -0.326 e. The summed E-state index contributed by atoms with van der Waals surface area (Å²) in [6, 6.07) is 17.9. The summed E-state index contributed by atoms with van der Waals surface area (Å²) in [4.78, 5) is 12.0. The Labute approximate surface area is 120 Å². The molecule has 2 rings (SSSR count). The lowest BCUT2D eigenvalue weighted by Crippen LogP contribution is -2.15. The number of para-hydroxylation sites is 1. The number of carbonyl (C=O) groups excluding carboxylic acids is 1. The Morgan fingerprint density at radius 1 is 1.00 bits per heavy atom. The lowest BCUT2D eigenvalue weighted by atomic mass is 10.1. The van der Waals surface area contributed by atoms with Crippen LogP contribution in [0.3, 0.4) is 0 Å². The molecule has 0 unspecified atom stereocenters. The molecule has 2 aromatic carbocycles. The fourth-order valence-electron chi connectivity index (χ4n) is 2.10. The van der Waals surface area contributed by atoms with Gasteiger partial charge in [-0.05, 0) is 30.7 Å². The maximum Gasteiger partial charge on any atom is 0.224 e. The van der Waals surface area contributed by atoms with E-state index in [0.717, 1.165) is 24.2 Å². The van der Waals surface area contributed by atoms with Crippen LogP contribution in [0, 0.1) is 0 Å². The van der Waals surface area contributed by atoms with Crippen molar-refractivity contribution in [3.05, 3.63) is 65.7 Å². The van der Waals surface area contributed by atoms with E-state index < -0.39 is 0 Å². The van der Waals surface area contributed by atoms with Gasteiger partial charge in [-0.15, -0.1) is 0 Å². The van der Waals surface area contributed by atoms with Crippen LogP contribution in [-0.4, -0.2) is 13.0 Å². The second kappa shape index (κ2) is 7.46. The van der Waals surface area contributed by atoms with E-state index in [1.54, 1.807) is 0 Å². The van der Waals surface area contributed by atoms with Gasteiger partial charge in [0.05, 0.1) is 0 Å². The Morgan fingerprint density at radius 2 is 1.70 bits per heavy atom. The average molecular weight is 268 g/mol. The molecule has 0 bridgehead atoms. The van der Waals surface area contributed by atoms with Crippen molar-refractivity contribution in [3.63, 3.8) is 0 Å². The first kappa shape index (κ1) is 14.3. The molecule has 0 atom stereocenters. The minimum absolute atomic E-state index is 0.0532. The van der Waals surface area contributed by atoms with Gasteiger partial charge < -0.3 is 10.6 Å². The summed E-state index contributed by atoms with van der Waals surface area (Å²) >= 11 is 0. The van der Waals surface area contributed by atoms with Crippen molar-refractivity contribution < 1.29 is 4.79 Å². The molecule has 3 nitrogen and oxygen atoms in total. The highest BCUT2D eigenvalue weighted by molar-refractivity contribution is 5.91. The van der Waals surface area contributed by atoms with E-state index in [1.807, 2.05) is 61.6 Å². The number of carbonyl (C=O) groups is 1. The van der Waals surface area contributed by atoms with Gasteiger partial charge in [0.25, 0.3) is 0 Å². The Bertz CT molecular complexity index is 552. The van der Waals surface area contributed by atoms with Crippen LogP contribution in [0.5, 0.6) is 0 Å². The highest BCUT2D eigenvalue weighted by Gasteiger charge is 2.06. The summed E-state index contributed by atoms with van der Waals surface area (Å²) in [5, 5.41) is 6.09. The van der Waals surface area contributed by atoms with Crippen molar-refractivity contribution in [1.29, 1.82) is 0 Å². The first-order valence-corrected chi connectivity index (χ1v) is 6.86. The monoisotopic (exact) mass is 268 g/mol. The van der Waals surface area contributed by atoms with Crippen LogP contribution in [0.15, 0.2) is 54.6 Å². The SMILES string of the molecule is CNCc1ccccc1NC(=O)CCc1ccccc1. The summed E-state index contributed by atoms with van der Waals surface area (Å²) in [5.41, 5.74) is 3.18. The highest BCUT2D eigenvalue weighted by Crippen LogP contribution is 2.15. The quantitative estimate of drug-likeness (QED) is 0.845. The molecule has 1 amide bonds. The Balaban J connectivity index is 1.91. The topological polar surface area (TPSA) is 41.1 Å². The molecule has 0 radical (unpaired) electrons. The Hall–Kier alpha value is -2.13. The van der Waals surface area contributed by atoms with E-state index in [-0.39, 0.29) is 5.91 Å². The molecule has 0 heterocycles. The zero-order chi connectivity index (χ0) is 14.2. The lowest BCUT2D eigenvalue weighted by molar-refractivity contribution is -0.116. The van der Waals surface area contributed by atoms with Gasteiger partial charge in [0, 0.05) is 18.7 Å². The van der Waals surface area contributed by atoms with E-state index in [9.17, 15) is 4.79 Å². The fourth-order valence-corrected chi connectivity index (χ4v) is 2.10. The van der Waals surface area contributed by atoms with Crippen LogP contribution in [0.25, 0.3) is 0 Å². The molecule has 0 saturated heterocycles. The Morgan fingerprint density at radius 3 is 2.45 bits per heavy atom. The Kier molecular flexibility index (Phi) is 5.33. The number of benzene rings is 2. The number of amides is 1. The molecule has 0 aromatic heterocycles. The normalized spacial score (nSPS) is 10.2. The van der Waals surface area contributed by atoms with Gasteiger partial charge in [-0.25, -0.2) is 0 Å².